The van der Waals surface area contributed by atoms with Crippen molar-refractivity contribution in [2.45, 2.75) is 31.2 Å². The van der Waals surface area contributed by atoms with Gasteiger partial charge in [0.25, 0.3) is 5.91 Å². The van der Waals surface area contributed by atoms with Crippen LogP contribution < -0.4 is 29.6 Å². The molecule has 2 N–H and O–H groups in total. The van der Waals surface area contributed by atoms with Crippen LogP contribution in [0.15, 0.2) is 42.5 Å². The van der Waals surface area contributed by atoms with Crippen molar-refractivity contribution in [1.29, 1.82) is 0 Å². The lowest BCUT2D eigenvalue weighted by molar-refractivity contribution is -0.173. The number of hydrogen-bond donors (Lipinski definition) is 2. The summed E-state index contributed by atoms with van der Waals surface area (Å²) in [5, 5.41) is 9.75. The van der Waals surface area contributed by atoms with E-state index in [2.05, 4.69) is 15.7 Å². The number of halogens is 3. The minimum absolute atomic E-state index is 0.0941. The second-order valence-corrected chi connectivity index (χ2v) is 8.33. The molecule has 0 aliphatic carbocycles. The number of carbonyl (C=O) groups excluding carboxylic acids is 1. The highest BCUT2D eigenvalue weighted by Crippen LogP contribution is 2.44. The molecule has 0 saturated heterocycles. The number of nitrogens with one attached hydrogen (secondary N) is 2. The van der Waals surface area contributed by atoms with Gasteiger partial charge in [-0.15, -0.1) is 0 Å². The van der Waals surface area contributed by atoms with E-state index in [0.717, 1.165) is 10.2 Å². The second kappa shape index (κ2) is 9.17. The number of methoxy groups -OCH3 is 2. The van der Waals surface area contributed by atoms with Gasteiger partial charge in [-0.05, 0) is 35.4 Å². The van der Waals surface area contributed by atoms with Crippen LogP contribution in [0.25, 0.3) is 0 Å². The first-order valence-corrected chi connectivity index (χ1v) is 11.1. The Hall–Kier alpha value is -4.09. The molecule has 0 saturated carbocycles. The predicted octanol–water partition coefficient (Wildman–Crippen LogP) is 4.22. The maximum absolute atomic E-state index is 14.0. The first kappa shape index (κ1) is 23.6. The Labute approximate surface area is 204 Å². The highest BCUT2D eigenvalue weighted by atomic mass is 19.4. The summed E-state index contributed by atoms with van der Waals surface area (Å²) in [6.07, 6.45) is -4.89. The number of ether oxygens (including phenoxy) is 4. The van der Waals surface area contributed by atoms with Crippen molar-refractivity contribution < 1.29 is 36.9 Å². The van der Waals surface area contributed by atoms with E-state index in [9.17, 15) is 18.0 Å². The van der Waals surface area contributed by atoms with Crippen molar-refractivity contribution in [3.63, 3.8) is 0 Å². The van der Waals surface area contributed by atoms with E-state index in [1.807, 2.05) is 0 Å². The summed E-state index contributed by atoms with van der Waals surface area (Å²) < 4.78 is 63.9. The third-order valence-corrected chi connectivity index (χ3v) is 6.12. The van der Waals surface area contributed by atoms with Gasteiger partial charge in [0, 0.05) is 19.0 Å². The lowest BCUT2D eigenvalue weighted by Gasteiger charge is -2.33. The Morgan fingerprint density at radius 3 is 2.64 bits per heavy atom. The fourth-order valence-electron chi connectivity index (χ4n) is 4.30. The van der Waals surface area contributed by atoms with Gasteiger partial charge in [0.15, 0.2) is 34.7 Å². The van der Waals surface area contributed by atoms with Crippen LogP contribution in [0.4, 0.5) is 19.0 Å². The van der Waals surface area contributed by atoms with Gasteiger partial charge < -0.3 is 29.6 Å². The summed E-state index contributed by atoms with van der Waals surface area (Å²) in [6.45, 7) is 0.269. The molecule has 1 amide bonds. The van der Waals surface area contributed by atoms with E-state index >= 15 is 0 Å². The maximum atomic E-state index is 14.0. The lowest BCUT2D eigenvalue weighted by atomic mass is 9.96. The van der Waals surface area contributed by atoms with Crippen LogP contribution in [-0.4, -0.2) is 42.9 Å². The number of hydrogen-bond acceptors (Lipinski definition) is 7. The molecular formula is C24H23F3N4O5. The number of nitrogens with zero attached hydrogens (tertiary/aromatic N) is 2. The first-order valence-electron chi connectivity index (χ1n) is 11.1. The highest BCUT2D eigenvalue weighted by Gasteiger charge is 2.47. The molecule has 5 rings (SSSR count). The SMILES string of the molecule is COc1ccc(C2CC(C(F)(F)F)n3nc(C(=O)NCc4ccc5c(c4)OCO5)cc3N2)cc1OC. The average molecular weight is 504 g/mol. The molecule has 3 heterocycles. The molecule has 0 fully saturated rings. The van der Waals surface area contributed by atoms with Crippen LogP contribution in [0.2, 0.25) is 0 Å². The van der Waals surface area contributed by atoms with E-state index < -0.39 is 24.2 Å². The van der Waals surface area contributed by atoms with Crippen LogP contribution in [-0.2, 0) is 6.54 Å². The molecule has 2 aliphatic rings. The van der Waals surface area contributed by atoms with Crippen molar-refractivity contribution >= 4 is 11.7 Å². The molecule has 36 heavy (non-hydrogen) atoms. The number of carbonyl (C=O) groups is 1. The number of rotatable bonds is 6. The third kappa shape index (κ3) is 4.45. The van der Waals surface area contributed by atoms with Gasteiger partial charge in [-0.2, -0.15) is 18.3 Å². The largest absolute Gasteiger partial charge is 0.493 e. The van der Waals surface area contributed by atoms with E-state index in [1.165, 1.54) is 20.3 Å². The number of fused-ring (bicyclic) bond motifs is 2. The van der Waals surface area contributed by atoms with Gasteiger partial charge in [0.05, 0.1) is 20.3 Å². The smallest absolute Gasteiger partial charge is 0.410 e. The predicted molar refractivity (Wildman–Crippen MR) is 122 cm³/mol. The summed E-state index contributed by atoms with van der Waals surface area (Å²) in [4.78, 5) is 12.7. The molecule has 0 bridgehead atoms. The zero-order chi connectivity index (χ0) is 25.4. The molecule has 2 aliphatic heterocycles. The summed E-state index contributed by atoms with van der Waals surface area (Å²) in [7, 11) is 2.94. The van der Waals surface area contributed by atoms with Crippen LogP contribution in [0, 0.1) is 0 Å². The quantitative estimate of drug-likeness (QED) is 0.519. The van der Waals surface area contributed by atoms with Crippen LogP contribution in [0.5, 0.6) is 23.0 Å². The van der Waals surface area contributed by atoms with Gasteiger partial charge >= 0.3 is 6.18 Å². The van der Waals surface area contributed by atoms with E-state index in [0.29, 0.717) is 28.6 Å². The number of anilines is 1. The molecule has 0 spiro atoms. The number of aromatic nitrogens is 2. The van der Waals surface area contributed by atoms with Crippen molar-refractivity contribution in [1.82, 2.24) is 15.1 Å². The number of alkyl halides is 3. The topological polar surface area (TPSA) is 95.9 Å². The molecule has 3 aromatic rings. The first-order chi connectivity index (χ1) is 17.3. The molecule has 12 heteroatoms. The second-order valence-electron chi connectivity index (χ2n) is 8.33. The average Bonchev–Trinajstić information content (AvgIpc) is 3.52. The zero-order valence-electron chi connectivity index (χ0n) is 19.4. The van der Waals surface area contributed by atoms with E-state index in [-0.39, 0.29) is 31.3 Å². The fourth-order valence-corrected chi connectivity index (χ4v) is 4.30. The maximum Gasteiger partial charge on any atom is 0.410 e. The minimum Gasteiger partial charge on any atom is -0.493 e. The monoisotopic (exact) mass is 504 g/mol. The standard InChI is InChI=1S/C24H23F3N4O5/c1-33-17-6-4-14(8-19(17)34-2)15-9-21(24(25,26)27)31-22(29-15)10-16(30-31)23(32)28-11-13-3-5-18-20(7-13)36-12-35-18/h3-8,10,15,21,29H,9,11-12H2,1-2H3,(H,28,32). The van der Waals surface area contributed by atoms with Gasteiger partial charge in [-0.1, -0.05) is 12.1 Å². The van der Waals surface area contributed by atoms with Gasteiger partial charge in [-0.25, -0.2) is 4.68 Å². The number of amides is 1. The van der Waals surface area contributed by atoms with E-state index in [1.54, 1.807) is 36.4 Å². The number of benzene rings is 2. The molecule has 1 aromatic heterocycles. The van der Waals surface area contributed by atoms with Crippen LogP contribution >= 0.6 is 0 Å². The highest BCUT2D eigenvalue weighted by molar-refractivity contribution is 5.93. The van der Waals surface area contributed by atoms with E-state index in [4.69, 9.17) is 18.9 Å². The van der Waals surface area contributed by atoms with Crippen molar-refractivity contribution in [2.24, 2.45) is 0 Å². The van der Waals surface area contributed by atoms with Crippen molar-refractivity contribution in [3.05, 3.63) is 59.3 Å². The Balaban J connectivity index is 1.37. The molecule has 9 nitrogen and oxygen atoms in total. The van der Waals surface area contributed by atoms with Crippen LogP contribution in [0.3, 0.4) is 0 Å². The van der Waals surface area contributed by atoms with Gasteiger partial charge in [0.1, 0.15) is 5.82 Å². The molecule has 2 unspecified atom stereocenters. The summed E-state index contributed by atoms with van der Waals surface area (Å²) in [6, 6.07) is 8.89. The molecule has 2 atom stereocenters. The molecule has 0 radical (unpaired) electrons. The third-order valence-electron chi connectivity index (χ3n) is 6.12. The summed E-state index contributed by atoms with van der Waals surface area (Å²) in [5.41, 5.74) is 1.21. The minimum atomic E-state index is -4.57. The Bertz CT molecular complexity index is 1290. The Kier molecular flexibility index (Phi) is 6.02. The van der Waals surface area contributed by atoms with Gasteiger partial charge in [-0.3, -0.25) is 4.79 Å². The molecule has 2 aromatic carbocycles. The Morgan fingerprint density at radius 1 is 1.11 bits per heavy atom. The van der Waals surface area contributed by atoms with Gasteiger partial charge in [0.2, 0.25) is 6.79 Å². The fraction of sp³-hybridized carbons (Fsp3) is 0.333. The Morgan fingerprint density at radius 2 is 1.89 bits per heavy atom. The molecule has 190 valence electrons. The zero-order valence-corrected chi connectivity index (χ0v) is 19.4. The normalized spacial score (nSPS) is 18.2. The van der Waals surface area contributed by atoms with Crippen molar-refractivity contribution in [3.8, 4) is 23.0 Å². The van der Waals surface area contributed by atoms with Crippen molar-refractivity contribution in [2.75, 3.05) is 26.3 Å². The lowest BCUT2D eigenvalue weighted by Crippen LogP contribution is -2.35. The summed E-state index contributed by atoms with van der Waals surface area (Å²) >= 11 is 0. The van der Waals surface area contributed by atoms with Crippen LogP contribution in [0.1, 0.15) is 40.1 Å². The summed E-state index contributed by atoms with van der Waals surface area (Å²) in [5.74, 6) is 1.55. The molecular weight excluding hydrogens is 481 g/mol.